The number of carbonyl (C=O) groups excluding carboxylic acids is 2. The van der Waals surface area contributed by atoms with Gasteiger partial charge in [-0.05, 0) is 44.0 Å². The second-order valence-corrected chi connectivity index (χ2v) is 4.91. The van der Waals surface area contributed by atoms with Gasteiger partial charge in [-0.2, -0.15) is 13.2 Å². The summed E-state index contributed by atoms with van der Waals surface area (Å²) in [6.45, 7) is 1.42. The Morgan fingerprint density at radius 1 is 1.24 bits per heavy atom. The molecule has 7 heteroatoms. The quantitative estimate of drug-likeness (QED) is 0.870. The first-order chi connectivity index (χ1) is 9.77. The zero-order chi connectivity index (χ0) is 15.6. The molecular formula is C14H14F3NO3. The molecule has 1 fully saturated rings. The van der Waals surface area contributed by atoms with Crippen molar-refractivity contribution in [1.29, 1.82) is 0 Å². The van der Waals surface area contributed by atoms with Crippen LogP contribution in [0.5, 0.6) is 0 Å². The highest BCUT2D eigenvalue weighted by molar-refractivity contribution is 5.92. The molecule has 1 aromatic rings. The third kappa shape index (κ3) is 4.21. The molecule has 0 bridgehead atoms. The Morgan fingerprint density at radius 3 is 2.29 bits per heavy atom. The van der Waals surface area contributed by atoms with E-state index in [2.05, 4.69) is 5.32 Å². The lowest BCUT2D eigenvalue weighted by molar-refractivity contribution is -0.137. The van der Waals surface area contributed by atoms with E-state index in [4.69, 9.17) is 4.74 Å². The molecule has 1 N–H and O–H groups in total. The number of halogens is 3. The Bertz CT molecular complexity index is 535. The van der Waals surface area contributed by atoms with Gasteiger partial charge in [-0.1, -0.05) is 0 Å². The van der Waals surface area contributed by atoms with Crippen molar-refractivity contribution in [2.45, 2.75) is 38.1 Å². The normalized spacial score (nSPS) is 16.2. The van der Waals surface area contributed by atoms with Gasteiger partial charge in [-0.3, -0.25) is 4.79 Å². The predicted molar refractivity (Wildman–Crippen MR) is 67.5 cm³/mol. The van der Waals surface area contributed by atoms with Gasteiger partial charge in [0.25, 0.3) is 5.91 Å². The average molecular weight is 301 g/mol. The van der Waals surface area contributed by atoms with Crippen LogP contribution in [-0.2, 0) is 15.7 Å². The van der Waals surface area contributed by atoms with Crippen LogP contribution in [0, 0.1) is 0 Å². The van der Waals surface area contributed by atoms with E-state index in [-0.39, 0.29) is 11.6 Å². The molecule has 4 nitrogen and oxygen atoms in total. The molecule has 21 heavy (non-hydrogen) atoms. The molecule has 0 unspecified atom stereocenters. The van der Waals surface area contributed by atoms with Crippen LogP contribution in [0.3, 0.4) is 0 Å². The summed E-state index contributed by atoms with van der Waals surface area (Å²) in [5.74, 6) is -1.24. The summed E-state index contributed by atoms with van der Waals surface area (Å²) in [5.41, 5.74) is -0.882. The molecule has 1 amide bonds. The van der Waals surface area contributed by atoms with Gasteiger partial charge in [0.15, 0.2) is 6.10 Å². The van der Waals surface area contributed by atoms with Crippen LogP contribution in [0.15, 0.2) is 24.3 Å². The van der Waals surface area contributed by atoms with Crippen molar-refractivity contribution in [2.24, 2.45) is 0 Å². The van der Waals surface area contributed by atoms with Crippen LogP contribution in [0.1, 0.15) is 35.7 Å². The van der Waals surface area contributed by atoms with Gasteiger partial charge in [-0.25, -0.2) is 4.79 Å². The van der Waals surface area contributed by atoms with E-state index in [1.54, 1.807) is 0 Å². The first-order valence-electron chi connectivity index (χ1n) is 6.46. The molecule has 0 spiro atoms. The van der Waals surface area contributed by atoms with Crippen LogP contribution in [-0.4, -0.2) is 24.0 Å². The topological polar surface area (TPSA) is 55.4 Å². The molecular weight excluding hydrogens is 287 g/mol. The highest BCUT2D eigenvalue weighted by Gasteiger charge is 2.31. The first-order valence-corrected chi connectivity index (χ1v) is 6.46. The van der Waals surface area contributed by atoms with Crippen molar-refractivity contribution < 1.29 is 27.5 Å². The Morgan fingerprint density at radius 2 is 1.81 bits per heavy atom. The summed E-state index contributed by atoms with van der Waals surface area (Å²) >= 11 is 0. The molecule has 1 aromatic carbocycles. The van der Waals surface area contributed by atoms with Crippen LogP contribution in [0.25, 0.3) is 0 Å². The maximum atomic E-state index is 12.4. The fourth-order valence-corrected chi connectivity index (χ4v) is 1.62. The van der Waals surface area contributed by atoms with E-state index >= 15 is 0 Å². The van der Waals surface area contributed by atoms with Gasteiger partial charge in [0.2, 0.25) is 0 Å². The van der Waals surface area contributed by atoms with Gasteiger partial charge in [0, 0.05) is 6.04 Å². The number of amides is 1. The Balaban J connectivity index is 1.94. The van der Waals surface area contributed by atoms with Crippen LogP contribution >= 0.6 is 0 Å². The summed E-state index contributed by atoms with van der Waals surface area (Å²) in [6, 6.07) is 3.79. The zero-order valence-corrected chi connectivity index (χ0v) is 11.2. The highest BCUT2D eigenvalue weighted by atomic mass is 19.4. The second-order valence-electron chi connectivity index (χ2n) is 4.91. The highest BCUT2D eigenvalue weighted by Crippen LogP contribution is 2.29. The molecule has 0 heterocycles. The van der Waals surface area contributed by atoms with Gasteiger partial charge in [-0.15, -0.1) is 0 Å². The number of rotatable bonds is 4. The number of nitrogens with one attached hydrogen (secondary N) is 1. The first kappa shape index (κ1) is 15.3. The summed E-state index contributed by atoms with van der Waals surface area (Å²) in [6.07, 6.45) is -3.63. The predicted octanol–water partition coefficient (Wildman–Crippen LogP) is 2.53. The lowest BCUT2D eigenvalue weighted by Gasteiger charge is -2.13. The van der Waals surface area contributed by atoms with Crippen LogP contribution in [0.4, 0.5) is 13.2 Å². The molecule has 1 aliphatic rings. The molecule has 2 rings (SSSR count). The molecule has 0 saturated heterocycles. The molecule has 1 saturated carbocycles. The molecule has 0 aromatic heterocycles. The van der Waals surface area contributed by atoms with E-state index < -0.39 is 29.7 Å². The van der Waals surface area contributed by atoms with Crippen molar-refractivity contribution in [3.8, 4) is 0 Å². The number of hydrogen-bond acceptors (Lipinski definition) is 3. The fraction of sp³-hybridized carbons (Fsp3) is 0.429. The number of hydrogen-bond donors (Lipinski definition) is 1. The number of alkyl halides is 3. The minimum Gasteiger partial charge on any atom is -0.449 e. The third-order valence-electron chi connectivity index (χ3n) is 3.02. The third-order valence-corrected chi connectivity index (χ3v) is 3.02. The Labute approximate surface area is 119 Å². The zero-order valence-electron chi connectivity index (χ0n) is 11.2. The van der Waals surface area contributed by atoms with Gasteiger partial charge in [0.1, 0.15) is 0 Å². The number of esters is 1. The minimum absolute atomic E-state index is 0.0333. The molecule has 0 aliphatic heterocycles. The molecule has 1 aliphatic carbocycles. The average Bonchev–Trinajstić information content (AvgIpc) is 3.21. The SMILES string of the molecule is C[C@@H](OC(=O)c1ccc(C(F)(F)F)cc1)C(=O)NC1CC1. The summed E-state index contributed by atoms with van der Waals surface area (Å²) in [7, 11) is 0. The smallest absolute Gasteiger partial charge is 0.416 e. The largest absolute Gasteiger partial charge is 0.449 e. The van der Waals surface area contributed by atoms with Crippen molar-refractivity contribution in [3.63, 3.8) is 0 Å². The molecule has 0 radical (unpaired) electrons. The summed E-state index contributed by atoms with van der Waals surface area (Å²) < 4.78 is 42.1. The maximum absolute atomic E-state index is 12.4. The summed E-state index contributed by atoms with van der Waals surface area (Å²) in [5, 5.41) is 2.67. The van der Waals surface area contributed by atoms with Gasteiger partial charge >= 0.3 is 12.1 Å². The van der Waals surface area contributed by atoms with Gasteiger partial charge in [0.05, 0.1) is 11.1 Å². The number of ether oxygens (including phenoxy) is 1. The summed E-state index contributed by atoms with van der Waals surface area (Å²) in [4.78, 5) is 23.3. The lowest BCUT2D eigenvalue weighted by Crippen LogP contribution is -2.37. The van der Waals surface area contributed by atoms with Crippen molar-refractivity contribution in [2.75, 3.05) is 0 Å². The minimum atomic E-state index is -4.46. The van der Waals surface area contributed by atoms with Gasteiger partial charge < -0.3 is 10.1 Å². The lowest BCUT2D eigenvalue weighted by atomic mass is 10.1. The molecule has 1 atom stereocenters. The monoisotopic (exact) mass is 301 g/mol. The van der Waals surface area contributed by atoms with E-state index in [0.717, 1.165) is 37.1 Å². The van der Waals surface area contributed by atoms with Crippen molar-refractivity contribution in [3.05, 3.63) is 35.4 Å². The van der Waals surface area contributed by atoms with E-state index in [1.807, 2.05) is 0 Å². The number of benzene rings is 1. The van der Waals surface area contributed by atoms with E-state index in [0.29, 0.717) is 0 Å². The van der Waals surface area contributed by atoms with Crippen molar-refractivity contribution >= 4 is 11.9 Å². The second kappa shape index (κ2) is 5.75. The van der Waals surface area contributed by atoms with E-state index in [9.17, 15) is 22.8 Å². The Kier molecular flexibility index (Phi) is 4.20. The number of carbonyl (C=O) groups is 2. The van der Waals surface area contributed by atoms with Crippen LogP contribution < -0.4 is 5.32 Å². The Hall–Kier alpha value is -2.05. The maximum Gasteiger partial charge on any atom is 0.416 e. The fourth-order valence-electron chi connectivity index (χ4n) is 1.62. The van der Waals surface area contributed by atoms with E-state index in [1.165, 1.54) is 6.92 Å². The standard InChI is InChI=1S/C14H14F3NO3/c1-8(12(19)18-11-6-7-11)21-13(20)9-2-4-10(5-3-9)14(15,16)17/h2-5,8,11H,6-7H2,1H3,(H,18,19)/t8-/m1/s1. The molecule has 114 valence electrons. The van der Waals surface area contributed by atoms with Crippen molar-refractivity contribution in [1.82, 2.24) is 5.32 Å². The van der Waals surface area contributed by atoms with Crippen LogP contribution in [0.2, 0.25) is 0 Å².